The van der Waals surface area contributed by atoms with E-state index in [1.807, 2.05) is 54.7 Å². The number of rotatable bonds is 7. The number of nitrogens with zero attached hydrogens (tertiary/aromatic N) is 4. The normalized spacial score (nSPS) is 11.3. The standard InChI is InChI=1S/C28H23N5O4/c1-36-23-9-7-19(8-10-23)15-32-27(34)26-25(31(28(32)35)16-20-11-12-37-18-20)13-24(30-26)21-14-29-33(17-21)22-5-3-2-4-6-22/h2-14,17-18,30H,15-16H2,1H3. The maximum Gasteiger partial charge on any atom is 0.332 e. The number of nitrogens with one attached hydrogen (secondary N) is 1. The van der Waals surface area contributed by atoms with Crippen molar-refractivity contribution in [1.82, 2.24) is 23.9 Å². The van der Waals surface area contributed by atoms with Gasteiger partial charge in [0.15, 0.2) is 0 Å². The van der Waals surface area contributed by atoms with Crippen molar-refractivity contribution in [1.29, 1.82) is 0 Å². The van der Waals surface area contributed by atoms with E-state index in [9.17, 15) is 9.59 Å². The first-order chi connectivity index (χ1) is 18.1. The molecule has 0 spiro atoms. The summed E-state index contributed by atoms with van der Waals surface area (Å²) < 4.78 is 15.0. The average Bonchev–Trinajstić information content (AvgIpc) is 3.71. The molecule has 0 bridgehead atoms. The number of H-pyrrole nitrogens is 1. The van der Waals surface area contributed by atoms with Crippen LogP contribution in [0.15, 0.2) is 106 Å². The Morgan fingerprint density at radius 3 is 2.46 bits per heavy atom. The number of para-hydroxylation sites is 1. The quantitative estimate of drug-likeness (QED) is 0.362. The van der Waals surface area contributed by atoms with Crippen LogP contribution in [0.2, 0.25) is 0 Å². The Balaban J connectivity index is 1.48. The van der Waals surface area contributed by atoms with Crippen LogP contribution in [0.4, 0.5) is 0 Å². The highest BCUT2D eigenvalue weighted by Crippen LogP contribution is 2.23. The molecular formula is C28H23N5O4. The van der Waals surface area contributed by atoms with E-state index in [0.717, 1.165) is 22.4 Å². The Bertz CT molecular complexity index is 1790. The van der Waals surface area contributed by atoms with Crippen molar-refractivity contribution >= 4 is 11.0 Å². The summed E-state index contributed by atoms with van der Waals surface area (Å²) in [4.78, 5) is 30.4. The first-order valence-corrected chi connectivity index (χ1v) is 11.7. The minimum Gasteiger partial charge on any atom is -0.497 e. The summed E-state index contributed by atoms with van der Waals surface area (Å²) >= 11 is 0. The van der Waals surface area contributed by atoms with Crippen molar-refractivity contribution in [2.45, 2.75) is 13.1 Å². The lowest BCUT2D eigenvalue weighted by molar-refractivity contribution is 0.414. The number of benzene rings is 2. The van der Waals surface area contributed by atoms with Crippen LogP contribution < -0.4 is 16.0 Å². The largest absolute Gasteiger partial charge is 0.497 e. The van der Waals surface area contributed by atoms with Crippen LogP contribution >= 0.6 is 0 Å². The van der Waals surface area contributed by atoms with Crippen molar-refractivity contribution in [3.05, 3.63) is 124 Å². The summed E-state index contributed by atoms with van der Waals surface area (Å²) in [5, 5.41) is 4.47. The molecule has 0 unspecified atom stereocenters. The fourth-order valence-corrected chi connectivity index (χ4v) is 4.40. The topological polar surface area (TPSA) is 100.0 Å². The highest BCUT2D eigenvalue weighted by Gasteiger charge is 2.18. The molecule has 4 heterocycles. The van der Waals surface area contributed by atoms with Crippen molar-refractivity contribution in [2.24, 2.45) is 0 Å². The van der Waals surface area contributed by atoms with Gasteiger partial charge in [0.05, 0.1) is 55.8 Å². The van der Waals surface area contributed by atoms with E-state index in [2.05, 4.69) is 10.1 Å². The SMILES string of the molecule is COc1ccc(Cn2c(=O)c3[nH]c(-c4cnn(-c5ccccc5)c4)cc3n(Cc3ccoc3)c2=O)cc1. The fraction of sp³-hybridized carbons (Fsp3) is 0.107. The van der Waals surface area contributed by atoms with Crippen molar-refractivity contribution in [3.63, 3.8) is 0 Å². The lowest BCUT2D eigenvalue weighted by Crippen LogP contribution is -2.40. The summed E-state index contributed by atoms with van der Waals surface area (Å²) in [7, 11) is 1.59. The summed E-state index contributed by atoms with van der Waals surface area (Å²) in [6.45, 7) is 0.387. The Morgan fingerprint density at radius 1 is 0.946 bits per heavy atom. The first-order valence-electron chi connectivity index (χ1n) is 11.7. The molecule has 0 amide bonds. The molecule has 9 nitrogen and oxygen atoms in total. The molecule has 6 aromatic rings. The van der Waals surface area contributed by atoms with Crippen LogP contribution in [0.1, 0.15) is 11.1 Å². The molecule has 0 radical (unpaired) electrons. The van der Waals surface area contributed by atoms with E-state index in [0.29, 0.717) is 22.5 Å². The monoisotopic (exact) mass is 493 g/mol. The number of aromatic nitrogens is 5. The number of fused-ring (bicyclic) bond motifs is 1. The van der Waals surface area contributed by atoms with Gasteiger partial charge in [-0.15, -0.1) is 0 Å². The van der Waals surface area contributed by atoms with Gasteiger partial charge in [-0.25, -0.2) is 9.48 Å². The lowest BCUT2D eigenvalue weighted by Gasteiger charge is -2.12. The number of hydrogen-bond donors (Lipinski definition) is 1. The van der Waals surface area contributed by atoms with Gasteiger partial charge < -0.3 is 14.1 Å². The van der Waals surface area contributed by atoms with Gasteiger partial charge in [-0.2, -0.15) is 5.10 Å². The van der Waals surface area contributed by atoms with E-state index in [4.69, 9.17) is 9.15 Å². The molecule has 184 valence electrons. The zero-order valence-electron chi connectivity index (χ0n) is 20.0. The third-order valence-electron chi connectivity index (χ3n) is 6.34. The van der Waals surface area contributed by atoms with E-state index in [1.54, 1.807) is 53.3 Å². The summed E-state index contributed by atoms with van der Waals surface area (Å²) in [6, 6.07) is 20.7. The zero-order valence-corrected chi connectivity index (χ0v) is 20.0. The van der Waals surface area contributed by atoms with Gasteiger partial charge in [0.25, 0.3) is 5.56 Å². The molecule has 4 aromatic heterocycles. The Kier molecular flexibility index (Phi) is 5.57. The summed E-state index contributed by atoms with van der Waals surface area (Å²) in [6.07, 6.45) is 6.76. The summed E-state index contributed by atoms with van der Waals surface area (Å²) in [5.74, 6) is 0.703. The molecule has 1 N–H and O–H groups in total. The third kappa shape index (κ3) is 4.16. The van der Waals surface area contributed by atoms with Gasteiger partial charge in [0.2, 0.25) is 0 Å². The number of furan rings is 1. The minimum atomic E-state index is -0.403. The van der Waals surface area contributed by atoms with Gasteiger partial charge in [-0.05, 0) is 42.0 Å². The third-order valence-corrected chi connectivity index (χ3v) is 6.34. The zero-order chi connectivity index (χ0) is 25.4. The molecule has 2 aromatic carbocycles. The smallest absolute Gasteiger partial charge is 0.332 e. The molecule has 0 saturated carbocycles. The highest BCUT2D eigenvalue weighted by molar-refractivity contribution is 5.82. The minimum absolute atomic E-state index is 0.128. The van der Waals surface area contributed by atoms with E-state index < -0.39 is 5.69 Å². The van der Waals surface area contributed by atoms with Gasteiger partial charge in [-0.3, -0.25) is 13.9 Å². The molecular weight excluding hydrogens is 470 g/mol. The predicted molar refractivity (Wildman–Crippen MR) is 139 cm³/mol. The Morgan fingerprint density at radius 2 is 1.73 bits per heavy atom. The molecule has 0 aliphatic carbocycles. The van der Waals surface area contributed by atoms with E-state index in [1.165, 1.54) is 4.57 Å². The van der Waals surface area contributed by atoms with Crippen LogP contribution in [0.3, 0.4) is 0 Å². The van der Waals surface area contributed by atoms with Crippen molar-refractivity contribution in [2.75, 3.05) is 7.11 Å². The number of hydrogen-bond acceptors (Lipinski definition) is 5. The second-order valence-electron chi connectivity index (χ2n) is 8.69. The molecule has 6 rings (SSSR count). The lowest BCUT2D eigenvalue weighted by atomic mass is 10.2. The molecule has 0 atom stereocenters. The number of methoxy groups -OCH3 is 1. The van der Waals surface area contributed by atoms with Gasteiger partial charge >= 0.3 is 5.69 Å². The Hall–Kier alpha value is -5.05. The van der Waals surface area contributed by atoms with Crippen molar-refractivity contribution < 1.29 is 9.15 Å². The molecule has 9 heteroatoms. The number of aromatic amines is 1. The molecule has 37 heavy (non-hydrogen) atoms. The first kappa shape index (κ1) is 22.4. The molecule has 0 saturated heterocycles. The molecule has 0 aliphatic heterocycles. The van der Waals surface area contributed by atoms with Gasteiger partial charge in [0.1, 0.15) is 11.3 Å². The van der Waals surface area contributed by atoms with Crippen LogP contribution in [0, 0.1) is 0 Å². The maximum absolute atomic E-state index is 13.6. The molecule has 0 fully saturated rings. The van der Waals surface area contributed by atoms with Crippen LogP contribution in [-0.2, 0) is 13.1 Å². The fourth-order valence-electron chi connectivity index (χ4n) is 4.40. The maximum atomic E-state index is 13.6. The average molecular weight is 494 g/mol. The Labute approximate surface area is 210 Å². The summed E-state index contributed by atoms with van der Waals surface area (Å²) in [5.41, 5.74) is 4.11. The van der Waals surface area contributed by atoms with Crippen LogP contribution in [0.5, 0.6) is 5.75 Å². The predicted octanol–water partition coefficient (Wildman–Crippen LogP) is 4.04. The van der Waals surface area contributed by atoms with Gasteiger partial charge in [-0.1, -0.05) is 30.3 Å². The van der Waals surface area contributed by atoms with Gasteiger partial charge in [0, 0.05) is 17.3 Å². The molecule has 0 aliphatic rings. The second kappa shape index (κ2) is 9.19. The number of ether oxygens (including phenoxy) is 1. The van der Waals surface area contributed by atoms with Crippen LogP contribution in [0.25, 0.3) is 28.0 Å². The van der Waals surface area contributed by atoms with Crippen molar-refractivity contribution in [3.8, 4) is 22.7 Å². The van der Waals surface area contributed by atoms with E-state index in [-0.39, 0.29) is 18.6 Å². The highest BCUT2D eigenvalue weighted by atomic mass is 16.5. The second-order valence-corrected chi connectivity index (χ2v) is 8.69. The van der Waals surface area contributed by atoms with Crippen LogP contribution in [-0.4, -0.2) is 31.0 Å². The van der Waals surface area contributed by atoms with E-state index >= 15 is 0 Å².